The molecule has 9 heteroatoms. The van der Waals surface area contributed by atoms with Gasteiger partial charge in [0.15, 0.2) is 11.2 Å². The SMILES string of the molecule is COC(=O)Cn1c(=O)c2c(nc3n2C[C@@H](C)CN3c2ccccc2)n(C)c1=O. The molecule has 146 valence electrons. The predicted octanol–water partition coefficient (Wildman–Crippen LogP) is 0.857. The Labute approximate surface area is 160 Å². The van der Waals surface area contributed by atoms with Crippen LogP contribution in [-0.2, 0) is 29.7 Å². The highest BCUT2D eigenvalue weighted by molar-refractivity contribution is 5.77. The number of rotatable bonds is 3. The molecule has 0 spiro atoms. The molecule has 0 aliphatic carbocycles. The van der Waals surface area contributed by atoms with Gasteiger partial charge in [-0.05, 0) is 18.1 Å². The molecule has 28 heavy (non-hydrogen) atoms. The van der Waals surface area contributed by atoms with Crippen molar-refractivity contribution < 1.29 is 9.53 Å². The fraction of sp³-hybridized carbons (Fsp3) is 0.368. The van der Waals surface area contributed by atoms with E-state index in [1.165, 1.54) is 11.7 Å². The first kappa shape index (κ1) is 18.0. The third kappa shape index (κ3) is 2.70. The van der Waals surface area contributed by atoms with Gasteiger partial charge < -0.3 is 14.2 Å². The Morgan fingerprint density at radius 1 is 1.21 bits per heavy atom. The molecule has 0 fully saturated rings. The summed E-state index contributed by atoms with van der Waals surface area (Å²) in [7, 11) is 2.77. The number of esters is 1. The second-order valence-corrected chi connectivity index (χ2v) is 7.05. The Morgan fingerprint density at radius 3 is 2.61 bits per heavy atom. The molecule has 0 amide bonds. The molecule has 0 radical (unpaired) electrons. The first-order valence-corrected chi connectivity index (χ1v) is 9.01. The van der Waals surface area contributed by atoms with Gasteiger partial charge in [-0.25, -0.2) is 9.36 Å². The molecule has 2 aromatic heterocycles. The Hall–Kier alpha value is -3.36. The molecule has 1 aliphatic heterocycles. The van der Waals surface area contributed by atoms with Crippen LogP contribution in [-0.4, -0.2) is 38.3 Å². The molecule has 0 bridgehead atoms. The van der Waals surface area contributed by atoms with E-state index in [1.807, 2.05) is 39.8 Å². The van der Waals surface area contributed by atoms with Gasteiger partial charge in [-0.15, -0.1) is 0 Å². The lowest BCUT2D eigenvalue weighted by atomic mass is 10.1. The maximum Gasteiger partial charge on any atom is 0.333 e. The highest BCUT2D eigenvalue weighted by Gasteiger charge is 2.30. The topological polar surface area (TPSA) is 91.4 Å². The third-order valence-corrected chi connectivity index (χ3v) is 5.02. The number of anilines is 2. The number of aryl methyl sites for hydroxylation is 1. The third-order valence-electron chi connectivity index (χ3n) is 5.02. The quantitative estimate of drug-likeness (QED) is 0.623. The predicted molar refractivity (Wildman–Crippen MR) is 104 cm³/mol. The molecule has 0 unspecified atom stereocenters. The fourth-order valence-corrected chi connectivity index (χ4v) is 3.66. The normalized spacial score (nSPS) is 16.2. The standard InChI is InChI=1S/C19H21N5O4/c1-12-9-22(13-7-5-4-6-8-13)18-20-16-15(23(18)10-12)17(26)24(11-14(25)28-3)19(27)21(16)2/h4-8,12H,9-11H2,1-3H3/t12-/m0/s1. The van der Waals surface area contributed by atoms with Crippen LogP contribution in [0.25, 0.3) is 11.2 Å². The summed E-state index contributed by atoms with van der Waals surface area (Å²) in [5.41, 5.74) is 0.446. The van der Waals surface area contributed by atoms with Crippen LogP contribution in [0.1, 0.15) is 6.92 Å². The van der Waals surface area contributed by atoms with Crippen LogP contribution in [0, 0.1) is 5.92 Å². The van der Waals surface area contributed by atoms with Crippen LogP contribution < -0.4 is 16.1 Å². The average Bonchev–Trinajstić information content (AvgIpc) is 3.09. The Balaban J connectivity index is 1.99. The Kier molecular flexibility index (Phi) is 4.29. The number of aromatic nitrogens is 4. The van der Waals surface area contributed by atoms with Crippen molar-refractivity contribution in [3.63, 3.8) is 0 Å². The van der Waals surface area contributed by atoms with Crippen LogP contribution in [0.4, 0.5) is 11.6 Å². The molecular formula is C19H21N5O4. The van der Waals surface area contributed by atoms with Crippen LogP contribution >= 0.6 is 0 Å². The first-order valence-electron chi connectivity index (χ1n) is 9.01. The summed E-state index contributed by atoms with van der Waals surface area (Å²) in [6.07, 6.45) is 0. The summed E-state index contributed by atoms with van der Waals surface area (Å²) in [5.74, 6) is 0.217. The van der Waals surface area contributed by atoms with Gasteiger partial charge in [-0.2, -0.15) is 4.98 Å². The lowest BCUT2D eigenvalue weighted by Gasteiger charge is -2.32. The Morgan fingerprint density at radius 2 is 1.93 bits per heavy atom. The van der Waals surface area contributed by atoms with Crippen LogP contribution in [0.3, 0.4) is 0 Å². The minimum Gasteiger partial charge on any atom is -0.468 e. The van der Waals surface area contributed by atoms with E-state index in [-0.39, 0.29) is 5.92 Å². The van der Waals surface area contributed by atoms with E-state index in [4.69, 9.17) is 0 Å². The van der Waals surface area contributed by atoms with Crippen LogP contribution in [0.5, 0.6) is 0 Å². The van der Waals surface area contributed by atoms with E-state index in [1.54, 1.807) is 7.05 Å². The van der Waals surface area contributed by atoms with E-state index in [2.05, 4.69) is 16.6 Å². The van der Waals surface area contributed by atoms with E-state index in [0.717, 1.165) is 16.8 Å². The lowest BCUT2D eigenvalue weighted by molar-refractivity contribution is -0.141. The van der Waals surface area contributed by atoms with Gasteiger partial charge in [0.05, 0.1) is 7.11 Å². The Bertz CT molecular complexity index is 1170. The molecule has 3 aromatic rings. The smallest absolute Gasteiger partial charge is 0.333 e. The van der Waals surface area contributed by atoms with E-state index in [0.29, 0.717) is 23.7 Å². The molecule has 0 N–H and O–H groups in total. The molecule has 4 rings (SSSR count). The minimum atomic E-state index is -0.656. The molecule has 0 saturated heterocycles. The fourth-order valence-electron chi connectivity index (χ4n) is 3.66. The van der Waals surface area contributed by atoms with Crippen molar-refractivity contribution in [3.05, 3.63) is 51.2 Å². The monoisotopic (exact) mass is 383 g/mol. The molecule has 1 atom stereocenters. The second-order valence-electron chi connectivity index (χ2n) is 7.05. The van der Waals surface area contributed by atoms with Crippen LogP contribution in [0.15, 0.2) is 39.9 Å². The minimum absolute atomic E-state index is 0.260. The number of carbonyl (C=O) groups excluding carboxylic acids is 1. The first-order chi connectivity index (χ1) is 13.4. The summed E-state index contributed by atoms with van der Waals surface area (Å²) in [6, 6.07) is 9.79. The van der Waals surface area contributed by atoms with Gasteiger partial charge in [-0.1, -0.05) is 25.1 Å². The number of methoxy groups -OCH3 is 1. The van der Waals surface area contributed by atoms with Crippen LogP contribution in [0.2, 0.25) is 0 Å². The number of para-hydroxylation sites is 1. The lowest BCUT2D eigenvalue weighted by Crippen LogP contribution is -2.42. The average molecular weight is 383 g/mol. The summed E-state index contributed by atoms with van der Waals surface area (Å²) < 4.78 is 8.67. The zero-order chi connectivity index (χ0) is 20.0. The maximum absolute atomic E-state index is 13.1. The van der Waals surface area contributed by atoms with Crippen molar-refractivity contribution in [1.29, 1.82) is 0 Å². The van der Waals surface area contributed by atoms with Gasteiger partial charge in [0, 0.05) is 25.8 Å². The largest absolute Gasteiger partial charge is 0.468 e. The summed E-state index contributed by atoms with van der Waals surface area (Å²) in [4.78, 5) is 44.1. The van der Waals surface area contributed by atoms with Crippen molar-refractivity contribution >= 4 is 28.8 Å². The molecule has 1 aliphatic rings. The molecule has 1 aromatic carbocycles. The van der Waals surface area contributed by atoms with Gasteiger partial charge in [0.2, 0.25) is 5.95 Å². The zero-order valence-electron chi connectivity index (χ0n) is 16.0. The number of nitrogens with zero attached hydrogens (tertiary/aromatic N) is 5. The van der Waals surface area contributed by atoms with Gasteiger partial charge >= 0.3 is 11.7 Å². The maximum atomic E-state index is 13.1. The van der Waals surface area contributed by atoms with E-state index >= 15 is 0 Å². The number of imidazole rings is 1. The second kappa shape index (κ2) is 6.66. The molecular weight excluding hydrogens is 362 g/mol. The summed E-state index contributed by atoms with van der Waals surface area (Å²) in [5, 5.41) is 0. The van der Waals surface area contributed by atoms with Crippen molar-refractivity contribution in [3.8, 4) is 0 Å². The zero-order valence-corrected chi connectivity index (χ0v) is 16.0. The number of benzene rings is 1. The highest BCUT2D eigenvalue weighted by Crippen LogP contribution is 2.32. The van der Waals surface area contributed by atoms with Crippen molar-refractivity contribution in [2.24, 2.45) is 13.0 Å². The number of fused-ring (bicyclic) bond motifs is 3. The van der Waals surface area contributed by atoms with Crippen molar-refractivity contribution in [1.82, 2.24) is 18.7 Å². The number of hydrogen-bond donors (Lipinski definition) is 0. The van der Waals surface area contributed by atoms with Gasteiger partial charge in [-0.3, -0.25) is 14.2 Å². The molecule has 3 heterocycles. The van der Waals surface area contributed by atoms with Gasteiger partial charge in [0.25, 0.3) is 5.56 Å². The highest BCUT2D eigenvalue weighted by atomic mass is 16.5. The number of hydrogen-bond acceptors (Lipinski definition) is 6. The van der Waals surface area contributed by atoms with Crippen molar-refractivity contribution in [2.45, 2.75) is 20.0 Å². The number of ether oxygens (including phenoxy) is 1. The molecule has 9 nitrogen and oxygen atoms in total. The number of carbonyl (C=O) groups is 1. The van der Waals surface area contributed by atoms with Crippen molar-refractivity contribution in [2.75, 3.05) is 18.6 Å². The van der Waals surface area contributed by atoms with Gasteiger partial charge in [0.1, 0.15) is 6.54 Å². The summed E-state index contributed by atoms with van der Waals surface area (Å²) in [6.45, 7) is 3.01. The molecule has 0 saturated carbocycles. The summed E-state index contributed by atoms with van der Waals surface area (Å²) >= 11 is 0. The van der Waals surface area contributed by atoms with E-state index in [9.17, 15) is 14.4 Å². The van der Waals surface area contributed by atoms with E-state index < -0.39 is 23.8 Å².